The highest BCUT2D eigenvalue weighted by Crippen LogP contribution is 2.37. The smallest absolute Gasteiger partial charge is 0.329 e. The minimum absolute atomic E-state index is 0.0131. The van der Waals surface area contributed by atoms with Crippen molar-refractivity contribution in [1.82, 2.24) is 34.6 Å². The standard InChI is InChI=1S/C45H55F2N9O6/c1-54(20-22-61-21-4-6-30-5-3-7-35-40(30)55(2)45(60)56(35)36-14-15-38(57)53-43(36)59)19-17-27-10-12-29(13-11-27)32-24-33(39(50-32)41(46)47)51-42(58)34-26-62-44(52-34)31-16-18-48-37(23-31)49-25-28-8-9-28/h3,5,7,16,18,23-24,26-29,32,36,41H,4,6,8-15,17,19-22,25H2,1-2H3,(H,48,49)(H,51,58)(H,53,57,59). The first-order chi connectivity index (χ1) is 30.0. The number of carbonyl (C=O) groups is 3. The molecule has 3 amide bonds. The number of aliphatic imine (C=N–C) groups is 1. The summed E-state index contributed by atoms with van der Waals surface area (Å²) >= 11 is 0. The fourth-order valence-corrected chi connectivity index (χ4v) is 8.94. The summed E-state index contributed by atoms with van der Waals surface area (Å²) in [7, 11) is 3.80. The van der Waals surface area contributed by atoms with Crippen LogP contribution in [0.25, 0.3) is 22.5 Å². The van der Waals surface area contributed by atoms with Gasteiger partial charge in [-0.2, -0.15) is 0 Å². The fourth-order valence-electron chi connectivity index (χ4n) is 8.94. The Morgan fingerprint density at radius 1 is 1.05 bits per heavy atom. The van der Waals surface area contributed by atoms with Gasteiger partial charge in [0.1, 0.15) is 23.8 Å². The number of ether oxygens (including phenoxy) is 1. The van der Waals surface area contributed by atoms with E-state index in [4.69, 9.17) is 9.15 Å². The van der Waals surface area contributed by atoms with Crippen molar-refractivity contribution >= 4 is 40.3 Å². The van der Waals surface area contributed by atoms with Crippen molar-refractivity contribution in [1.29, 1.82) is 0 Å². The highest BCUT2D eigenvalue weighted by Gasteiger charge is 2.35. The van der Waals surface area contributed by atoms with Crippen LogP contribution in [0.5, 0.6) is 0 Å². The van der Waals surface area contributed by atoms with Gasteiger partial charge in [0.25, 0.3) is 12.3 Å². The fraction of sp³-hybridized carbons (Fsp3) is 0.533. The number of halogens is 2. The van der Waals surface area contributed by atoms with Crippen LogP contribution in [-0.2, 0) is 27.8 Å². The van der Waals surface area contributed by atoms with E-state index < -0.39 is 36.0 Å². The third-order valence-electron chi connectivity index (χ3n) is 12.7. The van der Waals surface area contributed by atoms with Crippen molar-refractivity contribution in [2.75, 3.05) is 45.2 Å². The van der Waals surface area contributed by atoms with Gasteiger partial charge in [0.2, 0.25) is 17.7 Å². The zero-order valence-corrected chi connectivity index (χ0v) is 35.3. The average molecular weight is 856 g/mol. The molecule has 330 valence electrons. The molecule has 2 aliphatic carbocycles. The number of hydrogen-bond donors (Lipinski definition) is 3. The first-order valence-corrected chi connectivity index (χ1v) is 21.9. The van der Waals surface area contributed by atoms with Crippen molar-refractivity contribution in [3.63, 3.8) is 0 Å². The Morgan fingerprint density at radius 2 is 1.85 bits per heavy atom. The van der Waals surface area contributed by atoms with E-state index in [0.717, 1.165) is 69.2 Å². The van der Waals surface area contributed by atoms with Gasteiger partial charge in [-0.1, -0.05) is 25.0 Å². The van der Waals surface area contributed by atoms with Crippen LogP contribution in [-0.4, -0.2) is 99.8 Å². The van der Waals surface area contributed by atoms with Crippen LogP contribution in [0.15, 0.2) is 68.8 Å². The van der Waals surface area contributed by atoms with E-state index >= 15 is 0 Å². The van der Waals surface area contributed by atoms with Gasteiger partial charge in [-0.15, -0.1) is 0 Å². The van der Waals surface area contributed by atoms with Crippen LogP contribution in [0, 0.1) is 17.8 Å². The molecule has 5 heterocycles. The van der Waals surface area contributed by atoms with Crippen molar-refractivity contribution < 1.29 is 32.3 Å². The highest BCUT2D eigenvalue weighted by atomic mass is 19.3. The van der Waals surface area contributed by atoms with Crippen LogP contribution >= 0.6 is 0 Å². The molecule has 3 N–H and O–H groups in total. The summed E-state index contributed by atoms with van der Waals surface area (Å²) in [4.78, 5) is 66.0. The van der Waals surface area contributed by atoms with Gasteiger partial charge in [0.05, 0.1) is 29.4 Å². The summed E-state index contributed by atoms with van der Waals surface area (Å²) in [6, 6.07) is 8.15. The molecule has 4 aromatic rings. The number of aryl methyl sites for hydroxylation is 2. The Bertz CT molecular complexity index is 2390. The summed E-state index contributed by atoms with van der Waals surface area (Å²) in [6.07, 6.45) is 10.9. The Kier molecular flexibility index (Phi) is 13.4. The largest absolute Gasteiger partial charge is 0.444 e. The monoisotopic (exact) mass is 855 g/mol. The first-order valence-electron chi connectivity index (χ1n) is 21.9. The van der Waals surface area contributed by atoms with Crippen LogP contribution in [0.3, 0.4) is 0 Å². The Labute approximate surface area is 358 Å². The summed E-state index contributed by atoms with van der Waals surface area (Å²) in [5.74, 6) is 0.861. The van der Waals surface area contributed by atoms with Gasteiger partial charge in [-0.05, 0) is 113 Å². The molecule has 8 rings (SSSR count). The number of nitrogens with zero attached hydrogens (tertiary/aromatic N) is 6. The molecular formula is C45H55F2N9O6. The number of oxazole rings is 1. The maximum atomic E-state index is 14.2. The van der Waals surface area contributed by atoms with Crippen molar-refractivity contribution in [2.24, 2.45) is 29.8 Å². The highest BCUT2D eigenvalue weighted by molar-refractivity contribution is 6.08. The summed E-state index contributed by atoms with van der Waals surface area (Å²) in [6.45, 7) is 3.73. The number of benzene rings is 1. The summed E-state index contributed by atoms with van der Waals surface area (Å²) in [5, 5.41) is 8.29. The van der Waals surface area contributed by atoms with Crippen LogP contribution in [0.2, 0.25) is 0 Å². The number of hydrogen-bond acceptors (Lipinski definition) is 11. The van der Waals surface area contributed by atoms with E-state index in [9.17, 15) is 28.0 Å². The SMILES string of the molecule is CN(CCOCCCc1cccc2c1n(C)c(=O)n2C1CCC(=O)NC1=O)CCC1CCC(C2C=C(NC(=O)c3coc(-c4ccnc(NCC5CC5)c4)n3)C(C(F)F)=N2)CC1. The lowest BCUT2D eigenvalue weighted by atomic mass is 9.77. The van der Waals surface area contributed by atoms with Crippen LogP contribution in [0.1, 0.15) is 86.3 Å². The zero-order chi connectivity index (χ0) is 43.3. The number of alkyl halides is 2. The number of imidazole rings is 1. The minimum Gasteiger partial charge on any atom is -0.444 e. The second-order valence-corrected chi connectivity index (χ2v) is 17.2. The molecule has 2 atom stereocenters. The normalized spacial score (nSPS) is 21.7. The van der Waals surface area contributed by atoms with E-state index in [1.165, 1.54) is 23.7 Å². The molecule has 1 saturated heterocycles. The van der Waals surface area contributed by atoms with Gasteiger partial charge < -0.3 is 24.7 Å². The number of imide groups is 1. The third-order valence-corrected chi connectivity index (χ3v) is 12.7. The van der Waals surface area contributed by atoms with Crippen LogP contribution in [0.4, 0.5) is 14.6 Å². The predicted molar refractivity (Wildman–Crippen MR) is 229 cm³/mol. The molecule has 0 radical (unpaired) electrons. The molecule has 2 saturated carbocycles. The molecule has 1 aromatic carbocycles. The molecule has 0 spiro atoms. The molecule has 0 bridgehead atoms. The molecule has 15 nitrogen and oxygen atoms in total. The van der Waals surface area contributed by atoms with Crippen molar-refractivity contribution in [3.05, 3.63) is 76.3 Å². The van der Waals surface area contributed by atoms with E-state index in [-0.39, 0.29) is 41.2 Å². The molecule has 2 unspecified atom stereocenters. The van der Waals surface area contributed by atoms with E-state index in [1.807, 2.05) is 18.2 Å². The number of amides is 3. The second kappa shape index (κ2) is 19.2. The topological polar surface area (TPSA) is 178 Å². The van der Waals surface area contributed by atoms with E-state index in [2.05, 4.69) is 42.9 Å². The number of allylic oxidation sites excluding steroid dienone is 1. The Hall–Kier alpha value is -5.55. The van der Waals surface area contributed by atoms with Crippen molar-refractivity contribution in [2.45, 2.75) is 89.1 Å². The van der Waals surface area contributed by atoms with E-state index in [1.54, 1.807) is 36.0 Å². The number of aromatic nitrogens is 4. The van der Waals surface area contributed by atoms with Crippen LogP contribution < -0.4 is 21.6 Å². The lowest BCUT2D eigenvalue weighted by molar-refractivity contribution is -0.135. The van der Waals surface area contributed by atoms with Gasteiger partial charge in [0.15, 0.2) is 5.69 Å². The molecule has 62 heavy (non-hydrogen) atoms. The maximum Gasteiger partial charge on any atom is 0.329 e. The number of likely N-dealkylation sites (N-methyl/N-ethyl adjacent to an activating group) is 1. The second-order valence-electron chi connectivity index (χ2n) is 17.2. The van der Waals surface area contributed by atoms with Crippen molar-refractivity contribution in [3.8, 4) is 11.5 Å². The maximum absolute atomic E-state index is 14.2. The number of anilines is 1. The quantitative estimate of drug-likeness (QED) is 0.0787. The van der Waals surface area contributed by atoms with Gasteiger partial charge in [-0.25, -0.2) is 23.5 Å². The Morgan fingerprint density at radius 3 is 2.63 bits per heavy atom. The molecule has 17 heteroatoms. The van der Waals surface area contributed by atoms with Gasteiger partial charge in [-0.3, -0.25) is 33.8 Å². The van der Waals surface area contributed by atoms with Gasteiger partial charge >= 0.3 is 5.69 Å². The van der Waals surface area contributed by atoms with Gasteiger partial charge in [0, 0.05) is 44.9 Å². The molecular weight excluding hydrogens is 801 g/mol. The average Bonchev–Trinajstić information content (AvgIpc) is 3.67. The minimum atomic E-state index is -2.83. The number of nitrogens with one attached hydrogen (secondary N) is 3. The lowest BCUT2D eigenvalue weighted by Gasteiger charge is -2.31. The molecule has 3 fully saturated rings. The number of rotatable bonds is 19. The summed E-state index contributed by atoms with van der Waals surface area (Å²) < 4.78 is 43.0. The number of para-hydroxylation sites is 1. The Balaban J connectivity index is 0.745. The number of pyridine rings is 1. The third kappa shape index (κ3) is 10.0. The lowest BCUT2D eigenvalue weighted by Crippen LogP contribution is -2.44. The summed E-state index contributed by atoms with van der Waals surface area (Å²) in [5.41, 5.74) is 2.48. The molecule has 4 aliphatic rings. The predicted octanol–water partition coefficient (Wildman–Crippen LogP) is 5.67. The number of piperidine rings is 1. The molecule has 2 aliphatic heterocycles. The van der Waals surface area contributed by atoms with E-state index in [0.29, 0.717) is 54.8 Å². The molecule has 3 aromatic heterocycles. The first kappa shape index (κ1) is 43.1. The zero-order valence-electron chi connectivity index (χ0n) is 35.3. The number of fused-ring (bicyclic) bond motifs is 1. The number of carbonyl (C=O) groups excluding carboxylic acids is 3.